The minimum Gasteiger partial charge on any atom is -0.433 e. The predicted octanol–water partition coefficient (Wildman–Crippen LogP) is 1.97. The number of hydrogen-bond donors (Lipinski definition) is 1. The maximum absolute atomic E-state index is 11.6. The number of esters is 1. The molecule has 3 rings (SSSR count). The van der Waals surface area contributed by atoms with E-state index in [9.17, 15) is 9.59 Å². The Labute approximate surface area is 135 Å². The van der Waals surface area contributed by atoms with E-state index in [-0.39, 0.29) is 12.5 Å². The molecule has 2 heterocycles. The third kappa shape index (κ3) is 2.86. The molecular formula is C13H9Cl2N3O4. The summed E-state index contributed by atoms with van der Waals surface area (Å²) < 4.78 is 5.09. The molecule has 2 aliphatic rings. The second-order valence-electron chi connectivity index (χ2n) is 4.35. The van der Waals surface area contributed by atoms with E-state index >= 15 is 0 Å². The normalized spacial score (nSPS) is 22.0. The molecule has 1 aromatic rings. The molecule has 114 valence electrons. The van der Waals surface area contributed by atoms with Crippen LogP contribution < -0.4 is 5.32 Å². The second-order valence-corrected chi connectivity index (χ2v) is 5.16. The molecule has 0 saturated carbocycles. The molecule has 1 aromatic carbocycles. The van der Waals surface area contributed by atoms with Crippen LogP contribution in [-0.4, -0.2) is 35.7 Å². The van der Waals surface area contributed by atoms with Gasteiger partial charge in [-0.25, -0.2) is 14.6 Å². The van der Waals surface area contributed by atoms with Crippen molar-refractivity contribution in [3.8, 4) is 0 Å². The summed E-state index contributed by atoms with van der Waals surface area (Å²) in [6, 6.07) is 4.98. The third-order valence-corrected chi connectivity index (χ3v) is 3.49. The lowest BCUT2D eigenvalue weighted by Gasteiger charge is -2.26. The number of fused-ring (bicyclic) bond motifs is 1. The maximum Gasteiger partial charge on any atom is 0.356 e. The van der Waals surface area contributed by atoms with Gasteiger partial charge in [0.2, 0.25) is 12.2 Å². The van der Waals surface area contributed by atoms with Crippen molar-refractivity contribution < 1.29 is 19.2 Å². The van der Waals surface area contributed by atoms with Gasteiger partial charge in [0.05, 0.1) is 15.7 Å². The fourth-order valence-corrected chi connectivity index (χ4v) is 2.38. The van der Waals surface area contributed by atoms with Crippen LogP contribution in [0, 0.1) is 0 Å². The molecule has 0 aliphatic carbocycles. The Hall–Kier alpha value is -2.25. The number of ether oxygens (including phenoxy) is 1. The van der Waals surface area contributed by atoms with Gasteiger partial charge in [0.25, 0.3) is 0 Å². The summed E-state index contributed by atoms with van der Waals surface area (Å²) in [5.74, 6) is -1.21. The summed E-state index contributed by atoms with van der Waals surface area (Å²) in [4.78, 5) is 32.2. The molecule has 0 aromatic heterocycles. The summed E-state index contributed by atoms with van der Waals surface area (Å²) in [7, 11) is 0. The zero-order valence-electron chi connectivity index (χ0n) is 11.0. The number of nitrogens with zero attached hydrogens (tertiary/aromatic N) is 2. The van der Waals surface area contributed by atoms with E-state index in [1.807, 2.05) is 0 Å². The van der Waals surface area contributed by atoms with Gasteiger partial charge in [0.1, 0.15) is 6.54 Å². The highest BCUT2D eigenvalue weighted by molar-refractivity contribution is 6.39. The van der Waals surface area contributed by atoms with Crippen LogP contribution in [0.5, 0.6) is 0 Å². The Morgan fingerprint density at radius 3 is 2.59 bits per heavy atom. The molecule has 0 bridgehead atoms. The minimum absolute atomic E-state index is 0.108. The van der Waals surface area contributed by atoms with Crippen molar-refractivity contribution in [2.75, 3.05) is 11.9 Å². The lowest BCUT2D eigenvalue weighted by molar-refractivity contribution is -0.203. The molecule has 0 spiro atoms. The van der Waals surface area contributed by atoms with Crippen molar-refractivity contribution in [3.63, 3.8) is 0 Å². The van der Waals surface area contributed by atoms with E-state index < -0.39 is 18.2 Å². The van der Waals surface area contributed by atoms with Crippen LogP contribution in [0.25, 0.3) is 0 Å². The zero-order chi connectivity index (χ0) is 15.7. The highest BCUT2D eigenvalue weighted by Crippen LogP contribution is 2.31. The van der Waals surface area contributed by atoms with Crippen molar-refractivity contribution in [2.45, 2.75) is 6.23 Å². The molecule has 1 N–H and O–H groups in total. The van der Waals surface area contributed by atoms with E-state index in [4.69, 9.17) is 32.8 Å². The standard InChI is InChI=1S/C13H9Cl2N3O4/c14-7-2-1-3-8(15)12(7)17-13-16-6-9-18(13)22-11(20)5-4-10(19)21-9/h1-5,9H,6H2,(H,16,17)/b5-4+. The van der Waals surface area contributed by atoms with E-state index in [0.717, 1.165) is 17.2 Å². The first-order chi connectivity index (χ1) is 10.5. The number of hydrogen-bond acceptors (Lipinski definition) is 7. The van der Waals surface area contributed by atoms with Gasteiger partial charge < -0.3 is 14.9 Å². The van der Waals surface area contributed by atoms with Gasteiger partial charge in [-0.2, -0.15) is 0 Å². The summed E-state index contributed by atoms with van der Waals surface area (Å²) in [5.41, 5.74) is 0.408. The topological polar surface area (TPSA) is 80.2 Å². The monoisotopic (exact) mass is 341 g/mol. The fraction of sp³-hybridized carbons (Fsp3) is 0.154. The summed E-state index contributed by atoms with van der Waals surface area (Å²) >= 11 is 12.1. The van der Waals surface area contributed by atoms with Gasteiger partial charge in [-0.1, -0.05) is 29.3 Å². The number of carbonyl (C=O) groups is 2. The molecule has 0 radical (unpaired) electrons. The Morgan fingerprint density at radius 1 is 1.18 bits per heavy atom. The fourth-order valence-electron chi connectivity index (χ4n) is 1.89. The van der Waals surface area contributed by atoms with E-state index in [0.29, 0.717) is 15.7 Å². The van der Waals surface area contributed by atoms with Gasteiger partial charge in [-0.15, -0.1) is 5.06 Å². The van der Waals surface area contributed by atoms with Crippen molar-refractivity contribution >= 4 is 46.8 Å². The third-order valence-electron chi connectivity index (χ3n) is 2.86. The number of hydroxylamine groups is 2. The molecule has 0 fully saturated rings. The molecule has 2 aliphatic heterocycles. The average Bonchev–Trinajstić information content (AvgIpc) is 2.81. The summed E-state index contributed by atoms with van der Waals surface area (Å²) in [6.07, 6.45) is 1.12. The van der Waals surface area contributed by atoms with Gasteiger partial charge >= 0.3 is 11.9 Å². The van der Waals surface area contributed by atoms with Crippen LogP contribution in [0.1, 0.15) is 0 Å². The maximum atomic E-state index is 11.6. The molecule has 9 heteroatoms. The van der Waals surface area contributed by atoms with Gasteiger partial charge in [-0.05, 0) is 12.1 Å². The van der Waals surface area contributed by atoms with Gasteiger partial charge in [0, 0.05) is 12.2 Å². The van der Waals surface area contributed by atoms with Crippen molar-refractivity contribution in [3.05, 3.63) is 40.4 Å². The van der Waals surface area contributed by atoms with Gasteiger partial charge in [0.15, 0.2) is 0 Å². The smallest absolute Gasteiger partial charge is 0.356 e. The minimum atomic E-state index is -0.842. The van der Waals surface area contributed by atoms with Crippen LogP contribution in [0.2, 0.25) is 10.0 Å². The Bertz CT molecular complexity index is 684. The number of anilines is 1. The molecular weight excluding hydrogens is 333 g/mol. The predicted molar refractivity (Wildman–Crippen MR) is 79.3 cm³/mol. The lowest BCUT2D eigenvalue weighted by atomic mass is 10.3. The van der Waals surface area contributed by atoms with Crippen LogP contribution in [0.15, 0.2) is 35.3 Å². The first kappa shape index (κ1) is 14.7. The molecule has 0 amide bonds. The molecule has 7 nitrogen and oxygen atoms in total. The number of rotatable bonds is 1. The van der Waals surface area contributed by atoms with E-state index in [1.165, 1.54) is 0 Å². The summed E-state index contributed by atoms with van der Waals surface area (Å²) in [5, 5.41) is 4.69. The number of nitrogens with one attached hydrogen (secondary N) is 1. The van der Waals surface area contributed by atoms with Crippen molar-refractivity contribution in [1.29, 1.82) is 0 Å². The first-order valence-corrected chi connectivity index (χ1v) is 6.95. The zero-order valence-corrected chi connectivity index (χ0v) is 12.5. The van der Waals surface area contributed by atoms with Crippen molar-refractivity contribution in [2.24, 2.45) is 4.99 Å². The largest absolute Gasteiger partial charge is 0.433 e. The van der Waals surface area contributed by atoms with Crippen LogP contribution in [0.3, 0.4) is 0 Å². The SMILES string of the molecule is O=C1/C=C/C(=O)ON2C(Nc3c(Cl)cccc3Cl)=NCC2O1. The number of para-hydroxylation sites is 1. The second kappa shape index (κ2) is 5.86. The van der Waals surface area contributed by atoms with Gasteiger partial charge in [-0.3, -0.25) is 0 Å². The Kier molecular flexibility index (Phi) is 3.91. The average molecular weight is 342 g/mol. The number of halogens is 2. The summed E-state index contributed by atoms with van der Waals surface area (Å²) in [6.45, 7) is 0.108. The van der Waals surface area contributed by atoms with Crippen LogP contribution >= 0.6 is 23.2 Å². The molecule has 22 heavy (non-hydrogen) atoms. The Balaban J connectivity index is 1.85. The Morgan fingerprint density at radius 2 is 1.86 bits per heavy atom. The number of aliphatic imine (C=N–C) groups is 1. The van der Waals surface area contributed by atoms with E-state index in [1.54, 1.807) is 18.2 Å². The lowest BCUT2D eigenvalue weighted by Crippen LogP contribution is -2.44. The molecule has 0 saturated heterocycles. The number of guanidine groups is 1. The highest BCUT2D eigenvalue weighted by Gasteiger charge is 2.35. The number of benzene rings is 1. The quantitative estimate of drug-likeness (QED) is 0.786. The van der Waals surface area contributed by atoms with Crippen molar-refractivity contribution in [1.82, 2.24) is 5.06 Å². The van der Waals surface area contributed by atoms with Crippen LogP contribution in [-0.2, 0) is 19.2 Å². The number of carbonyl (C=O) groups excluding carboxylic acids is 2. The van der Waals surface area contributed by atoms with E-state index in [2.05, 4.69) is 10.3 Å². The molecule has 1 atom stereocenters. The van der Waals surface area contributed by atoms with Crippen LogP contribution in [0.4, 0.5) is 5.69 Å². The molecule has 1 unspecified atom stereocenters. The first-order valence-electron chi connectivity index (χ1n) is 6.20. The highest BCUT2D eigenvalue weighted by atomic mass is 35.5.